The van der Waals surface area contributed by atoms with Gasteiger partial charge in [0.1, 0.15) is 5.75 Å². The molecule has 2 aliphatic heterocycles. The number of fused-ring (bicyclic) bond motifs is 1. The van der Waals surface area contributed by atoms with Crippen LogP contribution < -0.4 is 10.1 Å². The molecule has 1 N–H and O–H groups in total. The van der Waals surface area contributed by atoms with Crippen molar-refractivity contribution in [3.05, 3.63) is 29.8 Å². The van der Waals surface area contributed by atoms with Crippen molar-refractivity contribution in [2.45, 2.75) is 25.3 Å². The Bertz CT molecular complexity index is 401. The third-order valence-corrected chi connectivity index (χ3v) is 4.16. The maximum Gasteiger partial charge on any atom is 0.122 e. The molecule has 1 fully saturated rings. The van der Waals surface area contributed by atoms with Crippen molar-refractivity contribution in [3.8, 4) is 5.75 Å². The highest BCUT2D eigenvalue weighted by molar-refractivity contribution is 5.39. The van der Waals surface area contributed by atoms with Gasteiger partial charge < -0.3 is 14.8 Å². The van der Waals surface area contributed by atoms with Gasteiger partial charge in [0.2, 0.25) is 0 Å². The van der Waals surface area contributed by atoms with Crippen molar-refractivity contribution >= 4 is 0 Å². The predicted molar refractivity (Wildman–Crippen MR) is 71.1 cm³/mol. The monoisotopic (exact) mass is 247 g/mol. The third kappa shape index (κ3) is 2.38. The van der Waals surface area contributed by atoms with E-state index in [9.17, 15) is 0 Å². The van der Waals surface area contributed by atoms with Gasteiger partial charge >= 0.3 is 0 Å². The van der Waals surface area contributed by atoms with Crippen molar-refractivity contribution in [3.63, 3.8) is 0 Å². The van der Waals surface area contributed by atoms with Crippen LogP contribution in [0.2, 0.25) is 0 Å². The molecule has 1 aromatic carbocycles. The molecule has 0 aliphatic carbocycles. The molecular weight excluding hydrogens is 226 g/mol. The number of para-hydroxylation sites is 1. The smallest absolute Gasteiger partial charge is 0.122 e. The molecule has 0 saturated carbocycles. The van der Waals surface area contributed by atoms with Gasteiger partial charge in [0.25, 0.3) is 0 Å². The molecule has 0 bridgehead atoms. The second-order valence-electron chi connectivity index (χ2n) is 5.37. The van der Waals surface area contributed by atoms with Gasteiger partial charge in [-0.05, 0) is 25.3 Å². The Morgan fingerprint density at radius 2 is 2.22 bits per heavy atom. The standard InChI is InChI=1S/C15H21NO2/c1-11(12-6-7-17-9-12)16-8-13-10-18-15-5-3-2-4-14(13)15/h2-5,11-13,16H,6-10H2,1H3. The average Bonchev–Trinajstić information content (AvgIpc) is 3.06. The van der Waals surface area contributed by atoms with Gasteiger partial charge in [-0.3, -0.25) is 0 Å². The quantitative estimate of drug-likeness (QED) is 0.884. The van der Waals surface area contributed by atoms with Crippen molar-refractivity contribution in [2.24, 2.45) is 5.92 Å². The summed E-state index contributed by atoms with van der Waals surface area (Å²) in [5.41, 5.74) is 1.35. The Hall–Kier alpha value is -1.06. The van der Waals surface area contributed by atoms with E-state index in [1.165, 1.54) is 12.0 Å². The van der Waals surface area contributed by atoms with Crippen LogP contribution in [0.25, 0.3) is 0 Å². The molecular formula is C15H21NO2. The molecule has 2 heterocycles. The van der Waals surface area contributed by atoms with E-state index < -0.39 is 0 Å². The first-order valence-corrected chi connectivity index (χ1v) is 6.87. The summed E-state index contributed by atoms with van der Waals surface area (Å²) in [5, 5.41) is 3.65. The maximum atomic E-state index is 5.70. The predicted octanol–water partition coefficient (Wildman–Crippen LogP) is 2.18. The second-order valence-corrected chi connectivity index (χ2v) is 5.37. The van der Waals surface area contributed by atoms with Crippen LogP contribution in [-0.2, 0) is 4.74 Å². The first kappa shape index (κ1) is 12.0. The maximum absolute atomic E-state index is 5.70. The van der Waals surface area contributed by atoms with Crippen LogP contribution in [0.5, 0.6) is 5.75 Å². The fraction of sp³-hybridized carbons (Fsp3) is 0.600. The first-order chi connectivity index (χ1) is 8.84. The fourth-order valence-electron chi connectivity index (χ4n) is 2.84. The van der Waals surface area contributed by atoms with Crippen molar-refractivity contribution in [1.29, 1.82) is 0 Å². The molecule has 3 rings (SSSR count). The minimum Gasteiger partial charge on any atom is -0.493 e. The molecule has 3 atom stereocenters. The number of ether oxygens (including phenoxy) is 2. The largest absolute Gasteiger partial charge is 0.493 e. The van der Waals surface area contributed by atoms with E-state index in [-0.39, 0.29) is 0 Å². The van der Waals surface area contributed by atoms with Gasteiger partial charge in [0.05, 0.1) is 13.2 Å². The van der Waals surface area contributed by atoms with E-state index in [4.69, 9.17) is 9.47 Å². The molecule has 2 aliphatic rings. The molecule has 18 heavy (non-hydrogen) atoms. The van der Waals surface area contributed by atoms with Crippen LogP contribution in [0, 0.1) is 5.92 Å². The van der Waals surface area contributed by atoms with E-state index in [0.29, 0.717) is 17.9 Å². The zero-order chi connectivity index (χ0) is 12.4. The Labute approximate surface area is 108 Å². The highest BCUT2D eigenvalue weighted by Gasteiger charge is 2.26. The zero-order valence-corrected chi connectivity index (χ0v) is 10.9. The van der Waals surface area contributed by atoms with Gasteiger partial charge in [-0.1, -0.05) is 18.2 Å². The number of nitrogens with one attached hydrogen (secondary N) is 1. The summed E-state index contributed by atoms with van der Waals surface area (Å²) in [7, 11) is 0. The Morgan fingerprint density at radius 1 is 1.33 bits per heavy atom. The lowest BCUT2D eigenvalue weighted by molar-refractivity contribution is 0.178. The van der Waals surface area contributed by atoms with Crippen molar-refractivity contribution in [2.75, 3.05) is 26.4 Å². The Kier molecular flexibility index (Phi) is 3.52. The summed E-state index contributed by atoms with van der Waals surface area (Å²) in [4.78, 5) is 0. The van der Waals surface area contributed by atoms with E-state index in [0.717, 1.165) is 32.1 Å². The SMILES string of the molecule is CC(NCC1COc2ccccc21)C1CCOC1. The Morgan fingerprint density at radius 3 is 3.06 bits per heavy atom. The minimum atomic E-state index is 0.492. The minimum absolute atomic E-state index is 0.492. The highest BCUT2D eigenvalue weighted by atomic mass is 16.5. The summed E-state index contributed by atoms with van der Waals surface area (Å²) in [6.07, 6.45) is 1.19. The van der Waals surface area contributed by atoms with Gasteiger partial charge in [-0.15, -0.1) is 0 Å². The van der Waals surface area contributed by atoms with Gasteiger partial charge in [-0.25, -0.2) is 0 Å². The molecule has 1 aromatic rings. The fourth-order valence-corrected chi connectivity index (χ4v) is 2.84. The lowest BCUT2D eigenvalue weighted by Gasteiger charge is -2.21. The van der Waals surface area contributed by atoms with E-state index in [1.807, 2.05) is 6.07 Å². The number of hydrogen-bond acceptors (Lipinski definition) is 3. The normalized spacial score (nSPS) is 27.8. The molecule has 1 saturated heterocycles. The first-order valence-electron chi connectivity index (χ1n) is 6.87. The summed E-state index contributed by atoms with van der Waals surface area (Å²) in [6, 6.07) is 8.89. The topological polar surface area (TPSA) is 30.5 Å². The molecule has 0 radical (unpaired) electrons. The van der Waals surface area contributed by atoms with Crippen molar-refractivity contribution in [1.82, 2.24) is 5.32 Å². The average molecular weight is 247 g/mol. The molecule has 0 amide bonds. The van der Waals surface area contributed by atoms with Gasteiger partial charge in [0.15, 0.2) is 0 Å². The zero-order valence-electron chi connectivity index (χ0n) is 10.9. The van der Waals surface area contributed by atoms with E-state index in [2.05, 4.69) is 30.4 Å². The van der Waals surface area contributed by atoms with Crippen LogP contribution >= 0.6 is 0 Å². The number of rotatable bonds is 4. The highest BCUT2D eigenvalue weighted by Crippen LogP contribution is 2.33. The molecule has 0 spiro atoms. The molecule has 3 nitrogen and oxygen atoms in total. The molecule has 3 heteroatoms. The molecule has 3 unspecified atom stereocenters. The van der Waals surface area contributed by atoms with Gasteiger partial charge in [-0.2, -0.15) is 0 Å². The summed E-state index contributed by atoms with van der Waals surface area (Å²) in [6.45, 7) is 5.90. The second kappa shape index (κ2) is 5.29. The van der Waals surface area contributed by atoms with E-state index in [1.54, 1.807) is 0 Å². The van der Waals surface area contributed by atoms with Crippen LogP contribution in [0.1, 0.15) is 24.8 Å². The molecule has 0 aromatic heterocycles. The number of benzene rings is 1. The van der Waals surface area contributed by atoms with Crippen LogP contribution in [0.3, 0.4) is 0 Å². The molecule has 98 valence electrons. The van der Waals surface area contributed by atoms with Crippen LogP contribution in [0.15, 0.2) is 24.3 Å². The third-order valence-electron chi connectivity index (χ3n) is 4.16. The lowest BCUT2D eigenvalue weighted by Crippen LogP contribution is -2.36. The lowest BCUT2D eigenvalue weighted by atomic mass is 9.98. The van der Waals surface area contributed by atoms with Crippen LogP contribution in [0.4, 0.5) is 0 Å². The summed E-state index contributed by atoms with van der Waals surface area (Å²) >= 11 is 0. The Balaban J connectivity index is 1.55. The van der Waals surface area contributed by atoms with E-state index >= 15 is 0 Å². The van der Waals surface area contributed by atoms with Crippen LogP contribution in [-0.4, -0.2) is 32.4 Å². The van der Waals surface area contributed by atoms with Gasteiger partial charge in [0, 0.05) is 30.7 Å². The summed E-state index contributed by atoms with van der Waals surface area (Å²) in [5.74, 6) is 2.22. The number of hydrogen-bond donors (Lipinski definition) is 1. The van der Waals surface area contributed by atoms with Crippen molar-refractivity contribution < 1.29 is 9.47 Å². The summed E-state index contributed by atoms with van der Waals surface area (Å²) < 4.78 is 11.1.